The number of halogens is 1. The van der Waals surface area contributed by atoms with Crippen LogP contribution < -0.4 is 10.1 Å². The number of nitro groups is 1. The summed E-state index contributed by atoms with van der Waals surface area (Å²) in [5.41, 5.74) is 0.504. The van der Waals surface area contributed by atoms with Gasteiger partial charge in [0.05, 0.1) is 9.40 Å². The Kier molecular flexibility index (Phi) is 6.00. The summed E-state index contributed by atoms with van der Waals surface area (Å²) in [5, 5.41) is 13.9. The van der Waals surface area contributed by atoms with Gasteiger partial charge >= 0.3 is 0 Å². The van der Waals surface area contributed by atoms with Gasteiger partial charge in [0.15, 0.2) is 0 Å². The van der Waals surface area contributed by atoms with Crippen molar-refractivity contribution in [3.05, 3.63) is 26.3 Å². The average molecular weight is 318 g/mol. The molecule has 0 atom stereocenters. The molecule has 0 spiro atoms. The third-order valence-electron chi connectivity index (χ3n) is 2.35. The van der Waals surface area contributed by atoms with Gasteiger partial charge in [0, 0.05) is 12.1 Å². The lowest BCUT2D eigenvalue weighted by Crippen LogP contribution is -2.22. The van der Waals surface area contributed by atoms with Gasteiger partial charge in [-0.15, -0.1) is 0 Å². The Bertz CT molecular complexity index is 426. The van der Waals surface area contributed by atoms with E-state index in [9.17, 15) is 10.1 Å². The molecule has 1 rings (SSSR count). The molecule has 0 bridgehead atoms. The van der Waals surface area contributed by atoms with Gasteiger partial charge in [0.1, 0.15) is 12.8 Å². The number of hydrogen-bond acceptors (Lipinski definition) is 5. The van der Waals surface area contributed by atoms with E-state index in [1.807, 2.05) is 0 Å². The van der Waals surface area contributed by atoms with E-state index in [1.165, 1.54) is 6.20 Å². The van der Waals surface area contributed by atoms with Crippen molar-refractivity contribution in [2.24, 2.45) is 0 Å². The minimum Gasteiger partial charge on any atom is -0.475 e. The second kappa shape index (κ2) is 7.27. The Morgan fingerprint density at radius 1 is 1.56 bits per heavy atom. The van der Waals surface area contributed by atoms with E-state index in [2.05, 4.69) is 33.2 Å². The first kappa shape index (κ1) is 14.8. The fourth-order valence-electron chi connectivity index (χ4n) is 1.35. The van der Waals surface area contributed by atoms with Crippen molar-refractivity contribution >= 4 is 21.6 Å². The molecule has 0 saturated heterocycles. The van der Waals surface area contributed by atoms with Crippen LogP contribution in [0, 0.1) is 17.0 Å². The van der Waals surface area contributed by atoms with Crippen molar-refractivity contribution in [3.63, 3.8) is 0 Å². The van der Waals surface area contributed by atoms with Gasteiger partial charge in [-0.05, 0) is 35.8 Å². The van der Waals surface area contributed by atoms with E-state index in [1.54, 1.807) is 6.92 Å². The van der Waals surface area contributed by atoms with E-state index in [-0.39, 0.29) is 5.69 Å². The summed E-state index contributed by atoms with van der Waals surface area (Å²) in [6.07, 6.45) is 2.29. The lowest BCUT2D eigenvalue weighted by atomic mass is 10.2. The Balaban J connectivity index is 2.62. The smallest absolute Gasteiger partial charge is 0.291 e. The molecule has 0 aromatic carbocycles. The van der Waals surface area contributed by atoms with Crippen LogP contribution >= 0.6 is 15.9 Å². The molecule has 0 radical (unpaired) electrons. The summed E-state index contributed by atoms with van der Waals surface area (Å²) in [6, 6.07) is 0. The van der Waals surface area contributed by atoms with Gasteiger partial charge in [-0.1, -0.05) is 6.92 Å². The second-order valence-electron chi connectivity index (χ2n) is 3.74. The maximum Gasteiger partial charge on any atom is 0.291 e. The minimum absolute atomic E-state index is 0.0154. The average Bonchev–Trinajstić information content (AvgIpc) is 2.33. The number of aromatic nitrogens is 1. The first-order chi connectivity index (χ1) is 8.57. The van der Waals surface area contributed by atoms with Crippen LogP contribution in [0.2, 0.25) is 0 Å². The van der Waals surface area contributed by atoms with Crippen LogP contribution in [0.5, 0.6) is 5.88 Å². The molecule has 0 aliphatic carbocycles. The summed E-state index contributed by atoms with van der Waals surface area (Å²) in [6.45, 7) is 5.88. The zero-order chi connectivity index (χ0) is 13.5. The molecule has 1 N–H and O–H groups in total. The number of nitrogens with zero attached hydrogens (tertiary/aromatic N) is 2. The van der Waals surface area contributed by atoms with Crippen molar-refractivity contribution in [2.75, 3.05) is 19.7 Å². The van der Waals surface area contributed by atoms with Crippen molar-refractivity contribution < 1.29 is 9.66 Å². The lowest BCUT2D eigenvalue weighted by molar-refractivity contribution is -0.385. The first-order valence-corrected chi connectivity index (χ1v) is 6.50. The SMILES string of the molecule is CCCNCCOc1ncc([N+](=O)[O-])c(C)c1Br. The van der Waals surface area contributed by atoms with Gasteiger partial charge in [-0.3, -0.25) is 10.1 Å². The van der Waals surface area contributed by atoms with Crippen molar-refractivity contribution in [2.45, 2.75) is 20.3 Å². The molecule has 0 saturated carbocycles. The summed E-state index contributed by atoms with van der Waals surface area (Å²) in [4.78, 5) is 14.2. The molecule has 1 aromatic heterocycles. The Hall–Kier alpha value is -1.21. The van der Waals surface area contributed by atoms with Crippen LogP contribution in [0.1, 0.15) is 18.9 Å². The summed E-state index contributed by atoms with van der Waals surface area (Å²) in [5.74, 6) is 0.386. The highest BCUT2D eigenvalue weighted by Gasteiger charge is 2.17. The molecule has 18 heavy (non-hydrogen) atoms. The Morgan fingerprint density at radius 2 is 2.28 bits per heavy atom. The minimum atomic E-state index is -0.459. The maximum atomic E-state index is 10.7. The largest absolute Gasteiger partial charge is 0.475 e. The summed E-state index contributed by atoms with van der Waals surface area (Å²) < 4.78 is 5.99. The van der Waals surface area contributed by atoms with E-state index in [4.69, 9.17) is 4.74 Å². The van der Waals surface area contributed by atoms with Gasteiger partial charge in [0.25, 0.3) is 5.69 Å². The summed E-state index contributed by atoms with van der Waals surface area (Å²) in [7, 11) is 0. The molecule has 0 aliphatic heterocycles. The van der Waals surface area contributed by atoms with E-state index < -0.39 is 4.92 Å². The van der Waals surface area contributed by atoms with Crippen LogP contribution in [-0.4, -0.2) is 29.6 Å². The van der Waals surface area contributed by atoms with E-state index >= 15 is 0 Å². The molecule has 6 nitrogen and oxygen atoms in total. The standard InChI is InChI=1S/C11H16BrN3O3/c1-3-4-13-5-6-18-11-10(12)8(2)9(7-14-11)15(16)17/h7,13H,3-6H2,1-2H3. The first-order valence-electron chi connectivity index (χ1n) is 5.71. The predicted octanol–water partition coefficient (Wildman–Crippen LogP) is 2.44. The van der Waals surface area contributed by atoms with Crippen LogP contribution in [0.25, 0.3) is 0 Å². The fourth-order valence-corrected chi connectivity index (χ4v) is 1.77. The molecular formula is C11H16BrN3O3. The lowest BCUT2D eigenvalue weighted by Gasteiger charge is -2.09. The fraction of sp³-hybridized carbons (Fsp3) is 0.545. The van der Waals surface area contributed by atoms with Crippen molar-refractivity contribution in [1.29, 1.82) is 0 Å². The normalized spacial score (nSPS) is 10.4. The highest BCUT2D eigenvalue weighted by atomic mass is 79.9. The third-order valence-corrected chi connectivity index (χ3v) is 3.28. The molecule has 0 fully saturated rings. The molecule has 0 aliphatic rings. The molecule has 100 valence electrons. The zero-order valence-electron chi connectivity index (χ0n) is 10.4. The number of ether oxygens (including phenoxy) is 1. The van der Waals surface area contributed by atoms with Gasteiger partial charge in [-0.25, -0.2) is 4.98 Å². The number of rotatable bonds is 7. The molecule has 7 heteroatoms. The maximum absolute atomic E-state index is 10.7. The van der Waals surface area contributed by atoms with Crippen LogP contribution in [0.3, 0.4) is 0 Å². The van der Waals surface area contributed by atoms with Gasteiger partial charge < -0.3 is 10.1 Å². The highest BCUT2D eigenvalue weighted by molar-refractivity contribution is 9.10. The topological polar surface area (TPSA) is 77.3 Å². The van der Waals surface area contributed by atoms with Crippen LogP contribution in [0.15, 0.2) is 10.7 Å². The highest BCUT2D eigenvalue weighted by Crippen LogP contribution is 2.31. The van der Waals surface area contributed by atoms with E-state index in [0.29, 0.717) is 22.5 Å². The monoisotopic (exact) mass is 317 g/mol. The molecular weight excluding hydrogens is 302 g/mol. The van der Waals surface area contributed by atoms with Gasteiger partial charge in [0.2, 0.25) is 5.88 Å². The number of hydrogen-bond donors (Lipinski definition) is 1. The molecule has 1 aromatic rings. The third kappa shape index (κ3) is 3.92. The zero-order valence-corrected chi connectivity index (χ0v) is 12.0. The molecule has 0 amide bonds. The number of nitrogens with one attached hydrogen (secondary N) is 1. The van der Waals surface area contributed by atoms with Gasteiger partial charge in [-0.2, -0.15) is 0 Å². The second-order valence-corrected chi connectivity index (χ2v) is 4.54. The Morgan fingerprint density at radius 3 is 2.89 bits per heavy atom. The van der Waals surface area contributed by atoms with Crippen LogP contribution in [-0.2, 0) is 0 Å². The Labute approximate surface area is 114 Å². The van der Waals surface area contributed by atoms with E-state index in [0.717, 1.165) is 19.5 Å². The quantitative estimate of drug-likeness (QED) is 0.475. The van der Waals surface area contributed by atoms with Crippen LogP contribution in [0.4, 0.5) is 5.69 Å². The van der Waals surface area contributed by atoms with Crippen molar-refractivity contribution in [1.82, 2.24) is 10.3 Å². The summed E-state index contributed by atoms with van der Waals surface area (Å²) >= 11 is 3.27. The predicted molar refractivity (Wildman–Crippen MR) is 72.0 cm³/mol. The molecule has 0 unspecified atom stereocenters. The molecule has 1 heterocycles. The number of pyridine rings is 1. The van der Waals surface area contributed by atoms with Crippen molar-refractivity contribution in [3.8, 4) is 5.88 Å².